The largest absolute Gasteiger partial charge is 0.435 e. The van der Waals surface area contributed by atoms with E-state index < -0.39 is 23.7 Å². The van der Waals surface area contributed by atoms with Crippen molar-refractivity contribution in [2.45, 2.75) is 51.4 Å². The Morgan fingerprint density at radius 3 is 2.18 bits per heavy atom. The smallest absolute Gasteiger partial charge is 0.326 e. The highest BCUT2D eigenvalue weighted by atomic mass is 19.4. The highest BCUT2D eigenvalue weighted by molar-refractivity contribution is 5.90. The Hall–Kier alpha value is -2.52. The van der Waals surface area contributed by atoms with Gasteiger partial charge < -0.3 is 5.32 Å². The van der Waals surface area contributed by atoms with E-state index in [0.717, 1.165) is 37.8 Å². The Bertz CT molecular complexity index is 793. The second kappa shape index (κ2) is 8.66. The molecular formula is C18H19F6N3O. The highest BCUT2D eigenvalue weighted by Crippen LogP contribution is 2.36. The van der Waals surface area contributed by atoms with Gasteiger partial charge in [-0.05, 0) is 30.7 Å². The van der Waals surface area contributed by atoms with Gasteiger partial charge >= 0.3 is 12.4 Å². The summed E-state index contributed by atoms with van der Waals surface area (Å²) in [6.45, 7) is 2.04. The third-order valence-corrected chi connectivity index (χ3v) is 3.94. The van der Waals surface area contributed by atoms with E-state index in [0.29, 0.717) is 12.1 Å². The summed E-state index contributed by atoms with van der Waals surface area (Å²) in [5.41, 5.74) is -3.04. The van der Waals surface area contributed by atoms with Crippen molar-refractivity contribution in [3.05, 3.63) is 41.7 Å². The van der Waals surface area contributed by atoms with Crippen LogP contribution in [0.1, 0.15) is 50.4 Å². The van der Waals surface area contributed by atoms with E-state index >= 15 is 0 Å². The van der Waals surface area contributed by atoms with Crippen molar-refractivity contribution in [1.82, 2.24) is 9.78 Å². The molecule has 0 aliphatic rings. The van der Waals surface area contributed by atoms with Crippen LogP contribution in [0.4, 0.5) is 32.0 Å². The van der Waals surface area contributed by atoms with E-state index in [2.05, 4.69) is 10.4 Å². The third kappa shape index (κ3) is 5.74. The van der Waals surface area contributed by atoms with Gasteiger partial charge in [0.15, 0.2) is 5.69 Å². The van der Waals surface area contributed by atoms with E-state index in [1.807, 2.05) is 6.92 Å². The molecule has 0 unspecified atom stereocenters. The SMILES string of the molecule is CCCCCCC(=O)Nc1ccc(-n2nc(C(F)(F)F)cc2C(F)(F)F)cc1. The zero-order valence-corrected chi connectivity index (χ0v) is 15.0. The highest BCUT2D eigenvalue weighted by Gasteiger charge is 2.42. The maximum atomic E-state index is 13.1. The zero-order chi connectivity index (χ0) is 20.9. The van der Waals surface area contributed by atoms with Crippen molar-refractivity contribution in [2.75, 3.05) is 5.32 Å². The number of carbonyl (C=O) groups is 1. The third-order valence-electron chi connectivity index (χ3n) is 3.94. The molecule has 10 heteroatoms. The second-order valence-corrected chi connectivity index (χ2v) is 6.23. The summed E-state index contributed by atoms with van der Waals surface area (Å²) in [7, 11) is 0. The predicted octanol–water partition coefficient (Wildman–Crippen LogP) is 5.82. The Balaban J connectivity index is 2.17. The molecule has 0 bridgehead atoms. The number of anilines is 1. The summed E-state index contributed by atoms with van der Waals surface area (Å²) >= 11 is 0. The fourth-order valence-electron chi connectivity index (χ4n) is 2.54. The molecule has 0 saturated carbocycles. The van der Waals surface area contributed by atoms with Crippen molar-refractivity contribution in [3.63, 3.8) is 0 Å². The van der Waals surface area contributed by atoms with Crippen LogP contribution in [0.15, 0.2) is 30.3 Å². The van der Waals surface area contributed by atoms with Gasteiger partial charge in [-0.25, -0.2) is 4.68 Å². The molecule has 1 aromatic heterocycles. The molecule has 154 valence electrons. The number of nitrogens with one attached hydrogen (secondary N) is 1. The Labute approximate surface area is 157 Å². The molecule has 1 N–H and O–H groups in total. The lowest BCUT2D eigenvalue weighted by Crippen LogP contribution is -2.14. The number of amides is 1. The number of alkyl halides is 6. The molecule has 0 radical (unpaired) electrons. The average Bonchev–Trinajstić information content (AvgIpc) is 3.05. The molecule has 0 spiro atoms. The number of aromatic nitrogens is 2. The van der Waals surface area contributed by atoms with Crippen molar-refractivity contribution in [2.24, 2.45) is 0 Å². The van der Waals surface area contributed by atoms with Gasteiger partial charge in [-0.1, -0.05) is 26.2 Å². The van der Waals surface area contributed by atoms with Crippen LogP contribution in [0.2, 0.25) is 0 Å². The zero-order valence-electron chi connectivity index (χ0n) is 15.0. The van der Waals surface area contributed by atoms with Gasteiger partial charge in [0.1, 0.15) is 5.69 Å². The molecule has 0 fully saturated rings. The van der Waals surface area contributed by atoms with Crippen molar-refractivity contribution < 1.29 is 31.1 Å². The fraction of sp³-hybridized carbons (Fsp3) is 0.444. The van der Waals surface area contributed by atoms with Crippen LogP contribution in [-0.2, 0) is 17.1 Å². The summed E-state index contributed by atoms with van der Waals surface area (Å²) in [6.07, 6.45) is -6.00. The van der Waals surface area contributed by atoms with Gasteiger partial charge in [-0.15, -0.1) is 0 Å². The maximum absolute atomic E-state index is 13.1. The summed E-state index contributed by atoms with van der Waals surface area (Å²) in [6, 6.07) is 4.92. The van der Waals surface area contributed by atoms with Gasteiger partial charge in [0.05, 0.1) is 5.69 Å². The number of hydrogen-bond acceptors (Lipinski definition) is 2. The minimum atomic E-state index is -5.01. The molecule has 0 atom stereocenters. The lowest BCUT2D eigenvalue weighted by atomic mass is 10.1. The molecule has 28 heavy (non-hydrogen) atoms. The molecule has 1 aromatic carbocycles. The van der Waals surface area contributed by atoms with E-state index in [-0.39, 0.29) is 22.3 Å². The number of unbranched alkanes of at least 4 members (excludes halogenated alkanes) is 3. The first kappa shape index (κ1) is 21.8. The normalized spacial score (nSPS) is 12.2. The molecule has 0 aliphatic carbocycles. The van der Waals surface area contributed by atoms with Crippen LogP contribution in [-0.4, -0.2) is 15.7 Å². The minimum absolute atomic E-state index is 0.0357. The van der Waals surface area contributed by atoms with Crippen molar-refractivity contribution in [1.29, 1.82) is 0 Å². The first-order valence-corrected chi connectivity index (χ1v) is 8.67. The topological polar surface area (TPSA) is 46.9 Å². The number of benzene rings is 1. The monoisotopic (exact) mass is 407 g/mol. The first-order valence-electron chi connectivity index (χ1n) is 8.67. The number of rotatable bonds is 7. The average molecular weight is 407 g/mol. The van der Waals surface area contributed by atoms with E-state index in [9.17, 15) is 31.1 Å². The lowest BCUT2D eigenvalue weighted by molar-refractivity contribution is -0.143. The van der Waals surface area contributed by atoms with Crippen molar-refractivity contribution in [3.8, 4) is 5.69 Å². The van der Waals surface area contributed by atoms with Gasteiger partial charge in [0.2, 0.25) is 5.91 Å². The number of hydrogen-bond donors (Lipinski definition) is 1. The standard InChI is InChI=1S/C18H19F6N3O/c1-2-3-4-5-6-16(28)25-12-7-9-13(10-8-12)27-15(18(22,23)24)11-14(26-27)17(19,20)21/h7-11H,2-6H2,1H3,(H,25,28). The summed E-state index contributed by atoms with van der Waals surface area (Å²) < 4.78 is 77.7. The van der Waals surface area contributed by atoms with Gasteiger partial charge in [0, 0.05) is 18.2 Å². The molecule has 1 amide bonds. The number of halogens is 6. The Morgan fingerprint density at radius 1 is 1.00 bits per heavy atom. The van der Waals surface area contributed by atoms with Crippen LogP contribution in [0, 0.1) is 0 Å². The van der Waals surface area contributed by atoms with E-state index in [1.165, 1.54) is 12.1 Å². The lowest BCUT2D eigenvalue weighted by Gasteiger charge is -2.11. The quantitative estimate of drug-likeness (QED) is 0.465. The van der Waals surface area contributed by atoms with Gasteiger partial charge in [-0.3, -0.25) is 4.79 Å². The Morgan fingerprint density at radius 2 is 1.64 bits per heavy atom. The van der Waals surface area contributed by atoms with Crippen LogP contribution < -0.4 is 5.32 Å². The van der Waals surface area contributed by atoms with E-state index in [1.54, 1.807) is 0 Å². The van der Waals surface area contributed by atoms with E-state index in [4.69, 9.17) is 0 Å². The maximum Gasteiger partial charge on any atom is 0.435 e. The second-order valence-electron chi connectivity index (χ2n) is 6.23. The number of carbonyl (C=O) groups excluding carboxylic acids is 1. The number of nitrogens with zero attached hydrogens (tertiary/aromatic N) is 2. The molecule has 0 aliphatic heterocycles. The summed E-state index contributed by atoms with van der Waals surface area (Å²) in [5, 5.41) is 5.65. The summed E-state index contributed by atoms with van der Waals surface area (Å²) in [4.78, 5) is 11.8. The predicted molar refractivity (Wildman–Crippen MR) is 91.0 cm³/mol. The van der Waals surface area contributed by atoms with Crippen LogP contribution >= 0.6 is 0 Å². The van der Waals surface area contributed by atoms with Crippen LogP contribution in [0.25, 0.3) is 5.69 Å². The first-order chi connectivity index (χ1) is 13.0. The van der Waals surface area contributed by atoms with Crippen LogP contribution in [0.5, 0.6) is 0 Å². The van der Waals surface area contributed by atoms with Crippen molar-refractivity contribution >= 4 is 11.6 Å². The molecule has 2 rings (SSSR count). The molecule has 1 heterocycles. The van der Waals surface area contributed by atoms with Gasteiger partial charge in [0.25, 0.3) is 0 Å². The fourth-order valence-corrected chi connectivity index (χ4v) is 2.54. The molecule has 2 aromatic rings. The minimum Gasteiger partial charge on any atom is -0.326 e. The van der Waals surface area contributed by atoms with Gasteiger partial charge in [-0.2, -0.15) is 31.4 Å². The molecular weight excluding hydrogens is 388 g/mol. The summed E-state index contributed by atoms with van der Waals surface area (Å²) in [5.74, 6) is -0.238. The molecule has 4 nitrogen and oxygen atoms in total. The van der Waals surface area contributed by atoms with Crippen LogP contribution in [0.3, 0.4) is 0 Å². The Kier molecular flexibility index (Phi) is 6.73. The molecule has 0 saturated heterocycles.